The summed E-state index contributed by atoms with van der Waals surface area (Å²) in [4.78, 5) is 10.5. The van der Waals surface area contributed by atoms with E-state index in [1.807, 2.05) is 12.1 Å². The Bertz CT molecular complexity index is 433. The Morgan fingerprint density at radius 3 is 2.23 bits per heavy atom. The fraction of sp³-hybridized carbons (Fsp3) is 0.647. The van der Waals surface area contributed by atoms with Gasteiger partial charge < -0.3 is 10.2 Å². The lowest BCUT2D eigenvalue weighted by Crippen LogP contribution is -2.28. The molecule has 22 heavy (non-hydrogen) atoms. The van der Waals surface area contributed by atoms with Crippen molar-refractivity contribution in [2.75, 3.05) is 6.61 Å². The lowest BCUT2D eigenvalue weighted by atomic mass is 9.99. The Hall–Kier alpha value is -1.46. The van der Waals surface area contributed by atoms with Crippen molar-refractivity contribution in [3.63, 3.8) is 0 Å². The maximum absolute atomic E-state index is 11.0. The van der Waals surface area contributed by atoms with Crippen molar-refractivity contribution in [2.45, 2.75) is 64.0 Å². The van der Waals surface area contributed by atoms with Gasteiger partial charge in [0.15, 0.2) is 0 Å². The zero-order chi connectivity index (χ0) is 16.4. The molecule has 0 spiro atoms. The van der Waals surface area contributed by atoms with Crippen molar-refractivity contribution in [3.05, 3.63) is 45.5 Å². The lowest BCUT2D eigenvalue weighted by Gasteiger charge is -2.14. The van der Waals surface area contributed by atoms with Crippen LogP contribution in [-0.4, -0.2) is 27.8 Å². The molecule has 124 valence electrons. The summed E-state index contributed by atoms with van der Waals surface area (Å²) in [5.74, 6) is 0. The van der Waals surface area contributed by atoms with Gasteiger partial charge in [0.25, 0.3) is 6.04 Å². The zero-order valence-electron chi connectivity index (χ0n) is 13.3. The first-order valence-electron chi connectivity index (χ1n) is 8.11. The molecule has 0 radical (unpaired) electrons. The maximum atomic E-state index is 11.0. The molecule has 1 aromatic rings. The second kappa shape index (κ2) is 10.3. The third-order valence-corrected chi connectivity index (χ3v) is 3.92. The van der Waals surface area contributed by atoms with Gasteiger partial charge in [-0.25, -0.2) is 0 Å². The molecule has 2 N–H and O–H groups in total. The Labute approximate surface area is 132 Å². The number of nitro groups is 1. The highest BCUT2D eigenvalue weighted by Crippen LogP contribution is 2.21. The number of aliphatic hydroxyl groups is 2. The van der Waals surface area contributed by atoms with Crippen LogP contribution in [0.4, 0.5) is 0 Å². The molecule has 0 aliphatic rings. The fourth-order valence-corrected chi connectivity index (χ4v) is 2.58. The van der Waals surface area contributed by atoms with E-state index >= 15 is 0 Å². The van der Waals surface area contributed by atoms with Crippen LogP contribution in [-0.2, 0) is 6.42 Å². The predicted molar refractivity (Wildman–Crippen MR) is 86.4 cm³/mol. The topological polar surface area (TPSA) is 83.6 Å². The first-order valence-corrected chi connectivity index (χ1v) is 8.11. The fourth-order valence-electron chi connectivity index (χ4n) is 2.58. The number of unbranched alkanes of at least 4 members (excludes halogenated alkanes) is 5. The molecule has 0 saturated heterocycles. The van der Waals surface area contributed by atoms with Gasteiger partial charge in [0.1, 0.15) is 6.10 Å². The highest BCUT2D eigenvalue weighted by molar-refractivity contribution is 5.25. The molecule has 0 aliphatic carbocycles. The number of benzene rings is 1. The molecule has 2 unspecified atom stereocenters. The minimum absolute atomic E-state index is 0.429. The van der Waals surface area contributed by atoms with E-state index in [0.29, 0.717) is 5.56 Å². The number of hydrogen-bond acceptors (Lipinski definition) is 4. The van der Waals surface area contributed by atoms with Gasteiger partial charge in [0.2, 0.25) is 0 Å². The molecular weight excluding hydrogens is 282 g/mol. The number of rotatable bonds is 11. The minimum Gasteiger partial charge on any atom is -0.393 e. The second-order valence-corrected chi connectivity index (χ2v) is 5.74. The number of hydrogen-bond donors (Lipinski definition) is 2. The van der Waals surface area contributed by atoms with Crippen LogP contribution < -0.4 is 0 Å². The summed E-state index contributed by atoms with van der Waals surface area (Å²) in [6, 6.07) is 5.84. The third kappa shape index (κ3) is 6.12. The Morgan fingerprint density at radius 2 is 1.68 bits per heavy atom. The van der Waals surface area contributed by atoms with Crippen molar-refractivity contribution >= 4 is 0 Å². The summed E-state index contributed by atoms with van der Waals surface area (Å²) >= 11 is 0. The van der Waals surface area contributed by atoms with Gasteiger partial charge in [-0.05, 0) is 18.4 Å². The molecule has 0 aromatic heterocycles. The third-order valence-electron chi connectivity index (χ3n) is 3.92. The minimum atomic E-state index is -1.38. The van der Waals surface area contributed by atoms with Gasteiger partial charge in [-0.2, -0.15) is 0 Å². The smallest absolute Gasteiger partial charge is 0.265 e. The van der Waals surface area contributed by atoms with E-state index in [1.54, 1.807) is 12.1 Å². The molecule has 0 fully saturated rings. The first kappa shape index (κ1) is 18.6. The average molecular weight is 309 g/mol. The average Bonchev–Trinajstić information content (AvgIpc) is 2.51. The zero-order valence-corrected chi connectivity index (χ0v) is 13.3. The van der Waals surface area contributed by atoms with Crippen LogP contribution in [0.1, 0.15) is 62.6 Å². The summed E-state index contributed by atoms with van der Waals surface area (Å²) in [5.41, 5.74) is 1.58. The summed E-state index contributed by atoms with van der Waals surface area (Å²) in [6.45, 7) is 1.58. The van der Waals surface area contributed by atoms with Gasteiger partial charge in [0.05, 0.1) is 6.61 Å². The monoisotopic (exact) mass is 309 g/mol. The van der Waals surface area contributed by atoms with Crippen LogP contribution in [0, 0.1) is 10.1 Å². The van der Waals surface area contributed by atoms with Crippen molar-refractivity contribution in [3.8, 4) is 0 Å². The quantitative estimate of drug-likeness (QED) is 0.373. The summed E-state index contributed by atoms with van der Waals surface area (Å²) in [7, 11) is 0. The normalized spacial score (nSPS) is 13.8. The Morgan fingerprint density at radius 1 is 1.09 bits per heavy atom. The predicted octanol–water partition coefficient (Wildman–Crippen LogP) is 3.26. The van der Waals surface area contributed by atoms with Crippen LogP contribution in [0.25, 0.3) is 0 Å². The van der Waals surface area contributed by atoms with Gasteiger partial charge in [-0.1, -0.05) is 63.3 Å². The molecule has 0 saturated carbocycles. The Kier molecular flexibility index (Phi) is 8.70. The van der Waals surface area contributed by atoms with Crippen LogP contribution in [0.3, 0.4) is 0 Å². The van der Waals surface area contributed by atoms with Gasteiger partial charge >= 0.3 is 0 Å². The van der Waals surface area contributed by atoms with Crippen LogP contribution in [0.2, 0.25) is 0 Å². The highest BCUT2D eigenvalue weighted by atomic mass is 16.6. The van der Waals surface area contributed by atoms with Crippen molar-refractivity contribution in [1.82, 2.24) is 0 Å². The first-order chi connectivity index (χ1) is 10.6. The van der Waals surface area contributed by atoms with Crippen molar-refractivity contribution < 1.29 is 15.1 Å². The molecule has 5 heteroatoms. The SMILES string of the molecule is CCCCCCCCc1ccc(C(C(O)CO)[N+](=O)[O-])cc1. The molecular formula is C17H27NO4. The molecule has 0 aliphatic heterocycles. The van der Waals surface area contributed by atoms with Crippen LogP contribution in [0.15, 0.2) is 24.3 Å². The molecule has 0 amide bonds. The number of nitrogens with zero attached hydrogens (tertiary/aromatic N) is 1. The summed E-state index contributed by atoms with van der Waals surface area (Å²) in [6.07, 6.45) is 7.03. The van der Waals surface area contributed by atoms with Crippen molar-refractivity contribution in [1.29, 1.82) is 0 Å². The van der Waals surface area contributed by atoms with E-state index in [2.05, 4.69) is 6.92 Å². The van der Waals surface area contributed by atoms with E-state index < -0.39 is 23.7 Å². The lowest BCUT2D eigenvalue weighted by molar-refractivity contribution is -0.541. The molecule has 1 aromatic carbocycles. The van der Waals surface area contributed by atoms with Gasteiger partial charge in [-0.15, -0.1) is 0 Å². The molecule has 2 atom stereocenters. The highest BCUT2D eigenvalue weighted by Gasteiger charge is 2.31. The van der Waals surface area contributed by atoms with Crippen molar-refractivity contribution in [2.24, 2.45) is 0 Å². The largest absolute Gasteiger partial charge is 0.393 e. The molecule has 0 heterocycles. The molecule has 1 rings (SSSR count). The standard InChI is InChI=1S/C17H27NO4/c1-2-3-4-5-6-7-8-14-9-11-15(12-10-14)17(18(21)22)16(20)13-19/h9-12,16-17,19-20H,2-8,13H2,1H3. The number of aliphatic hydroxyl groups excluding tert-OH is 2. The second-order valence-electron chi connectivity index (χ2n) is 5.74. The van der Waals surface area contributed by atoms with E-state index in [1.165, 1.54) is 32.1 Å². The Balaban J connectivity index is 2.49. The molecule has 0 bridgehead atoms. The van der Waals surface area contributed by atoms with E-state index in [0.717, 1.165) is 18.4 Å². The van der Waals surface area contributed by atoms with E-state index in [-0.39, 0.29) is 0 Å². The molecule has 5 nitrogen and oxygen atoms in total. The summed E-state index contributed by atoms with van der Waals surface area (Å²) < 4.78 is 0. The van der Waals surface area contributed by atoms with Crippen LogP contribution >= 0.6 is 0 Å². The van der Waals surface area contributed by atoms with Gasteiger partial charge in [-0.3, -0.25) is 10.1 Å². The van der Waals surface area contributed by atoms with Crippen LogP contribution in [0.5, 0.6) is 0 Å². The van der Waals surface area contributed by atoms with E-state index in [4.69, 9.17) is 5.11 Å². The van der Waals surface area contributed by atoms with Gasteiger partial charge in [0, 0.05) is 10.5 Å². The number of aryl methyl sites for hydroxylation is 1. The maximum Gasteiger partial charge on any atom is 0.265 e. The summed E-state index contributed by atoms with van der Waals surface area (Å²) in [5, 5.41) is 29.5. The van der Waals surface area contributed by atoms with E-state index in [9.17, 15) is 15.2 Å².